The summed E-state index contributed by atoms with van der Waals surface area (Å²) in [7, 11) is 1.65. The average Bonchev–Trinajstić information content (AvgIpc) is 2.70. The molecular weight excluding hydrogens is 308 g/mol. The van der Waals surface area contributed by atoms with Crippen LogP contribution in [0.2, 0.25) is 0 Å². The summed E-state index contributed by atoms with van der Waals surface area (Å²) in [5.74, 6) is -1.47. The van der Waals surface area contributed by atoms with E-state index in [9.17, 15) is 14.7 Å². The molecule has 0 saturated carbocycles. The molecule has 0 bridgehead atoms. The fraction of sp³-hybridized carbons (Fsp3) is 0.500. The normalized spacial score (nSPS) is 23.4. The van der Waals surface area contributed by atoms with Gasteiger partial charge in [0.25, 0.3) is 0 Å². The van der Waals surface area contributed by atoms with E-state index in [0.29, 0.717) is 6.61 Å². The number of rotatable bonds is 8. The van der Waals surface area contributed by atoms with Crippen LogP contribution in [0.1, 0.15) is 26.2 Å². The van der Waals surface area contributed by atoms with Gasteiger partial charge in [0, 0.05) is 19.3 Å². The van der Waals surface area contributed by atoms with E-state index in [0.717, 1.165) is 25.3 Å². The number of ketones is 1. The Morgan fingerprint density at radius 1 is 1.45 bits per heavy atom. The number of carbonyl (C=O) groups excluding carboxylic acids is 2. The van der Waals surface area contributed by atoms with Gasteiger partial charge in [-0.15, -0.1) is 0 Å². The van der Waals surface area contributed by atoms with E-state index in [1.807, 2.05) is 6.08 Å². The van der Waals surface area contributed by atoms with Gasteiger partial charge in [-0.2, -0.15) is 0 Å². The third-order valence-corrected chi connectivity index (χ3v) is 3.44. The van der Waals surface area contributed by atoms with Crippen molar-refractivity contribution in [3.8, 4) is 0 Å². The highest BCUT2D eigenvalue weighted by Crippen LogP contribution is 2.34. The number of halogens is 1. The van der Waals surface area contributed by atoms with Crippen LogP contribution in [0.25, 0.3) is 0 Å². The summed E-state index contributed by atoms with van der Waals surface area (Å²) in [6.45, 7) is 2.42. The molecule has 122 valence electrons. The van der Waals surface area contributed by atoms with Crippen molar-refractivity contribution in [3.63, 3.8) is 0 Å². The van der Waals surface area contributed by atoms with Gasteiger partial charge >= 0.3 is 5.97 Å². The van der Waals surface area contributed by atoms with E-state index in [2.05, 4.69) is 0 Å². The third-order valence-electron chi connectivity index (χ3n) is 3.16. The number of allylic oxidation sites excluding steroid dienone is 4. The molecule has 1 rings (SSSR count). The molecular formula is C16H21ClO5. The molecule has 1 aliphatic carbocycles. The molecule has 0 aromatic heterocycles. The Bertz CT molecular complexity index is 507. The second kappa shape index (κ2) is 8.88. The molecule has 0 saturated heterocycles. The van der Waals surface area contributed by atoms with Crippen LogP contribution in [0.3, 0.4) is 0 Å². The van der Waals surface area contributed by atoms with Crippen LogP contribution in [-0.4, -0.2) is 42.8 Å². The van der Waals surface area contributed by atoms with Crippen LogP contribution in [0.4, 0.5) is 0 Å². The van der Waals surface area contributed by atoms with Crippen molar-refractivity contribution >= 4 is 23.4 Å². The van der Waals surface area contributed by atoms with E-state index in [1.165, 1.54) is 6.08 Å². The Kier molecular flexibility index (Phi) is 7.51. The molecule has 0 aliphatic heterocycles. The van der Waals surface area contributed by atoms with Crippen LogP contribution in [0.5, 0.6) is 0 Å². The predicted octanol–water partition coefficient (Wildman–Crippen LogP) is 2.29. The lowest BCUT2D eigenvalue weighted by Crippen LogP contribution is -2.39. The van der Waals surface area contributed by atoms with E-state index in [1.54, 1.807) is 20.1 Å². The van der Waals surface area contributed by atoms with Crippen LogP contribution in [0, 0.1) is 0 Å². The van der Waals surface area contributed by atoms with Crippen molar-refractivity contribution < 1.29 is 24.2 Å². The first-order valence-corrected chi connectivity index (χ1v) is 7.54. The van der Waals surface area contributed by atoms with Crippen LogP contribution < -0.4 is 0 Å². The second-order valence-corrected chi connectivity index (χ2v) is 5.21. The molecule has 0 radical (unpaired) electrons. The highest BCUT2D eigenvalue weighted by Gasteiger charge is 2.48. The van der Waals surface area contributed by atoms with E-state index < -0.39 is 17.4 Å². The lowest BCUT2D eigenvalue weighted by atomic mass is 9.96. The fourth-order valence-electron chi connectivity index (χ4n) is 2.01. The predicted molar refractivity (Wildman–Crippen MR) is 83.5 cm³/mol. The summed E-state index contributed by atoms with van der Waals surface area (Å²) in [5.41, 5.74) is -2.20. The lowest BCUT2D eigenvalue weighted by Gasteiger charge is -2.19. The number of hydrogen-bond acceptors (Lipinski definition) is 5. The Labute approximate surface area is 135 Å². The second-order valence-electron chi connectivity index (χ2n) is 4.81. The molecule has 0 aromatic rings. The monoisotopic (exact) mass is 328 g/mol. The van der Waals surface area contributed by atoms with Gasteiger partial charge in [-0.05, 0) is 32.3 Å². The number of esters is 1. The topological polar surface area (TPSA) is 72.8 Å². The number of carbonyl (C=O) groups is 2. The first-order chi connectivity index (χ1) is 10.5. The molecule has 0 spiro atoms. The average molecular weight is 329 g/mol. The largest absolute Gasteiger partial charge is 0.463 e. The third kappa shape index (κ3) is 4.53. The molecule has 1 N–H and O–H groups in total. The number of unbranched alkanes of at least 4 members (excludes halogenated alkanes) is 2. The van der Waals surface area contributed by atoms with Gasteiger partial charge in [-0.1, -0.05) is 29.8 Å². The minimum absolute atomic E-state index is 0.0934. The summed E-state index contributed by atoms with van der Waals surface area (Å²) in [5, 5.41) is 10.2. The van der Waals surface area contributed by atoms with Gasteiger partial charge in [0.15, 0.2) is 0 Å². The SMILES string of the molecule is CCOC(=O)C1(O)C=C(Cl)C(=O)C1=CC=CCCCCOC. The van der Waals surface area contributed by atoms with Gasteiger partial charge < -0.3 is 14.6 Å². The standard InChI is InChI=1S/C16H21ClO5/c1-3-22-15(19)16(20)11-13(17)14(18)12(16)9-7-5-4-6-8-10-21-2/h5,7,9,11,20H,3-4,6,8,10H2,1-2H3. The molecule has 1 unspecified atom stereocenters. The maximum absolute atomic E-state index is 11.9. The smallest absolute Gasteiger partial charge is 0.347 e. The summed E-state index contributed by atoms with van der Waals surface area (Å²) in [4.78, 5) is 23.8. The Morgan fingerprint density at radius 3 is 2.82 bits per heavy atom. The van der Waals surface area contributed by atoms with Gasteiger partial charge in [0.2, 0.25) is 11.4 Å². The van der Waals surface area contributed by atoms with Crippen LogP contribution in [0.15, 0.2) is 34.9 Å². The Hall–Kier alpha value is -1.43. The number of methoxy groups -OCH3 is 1. The van der Waals surface area contributed by atoms with E-state index in [-0.39, 0.29) is 17.2 Å². The highest BCUT2D eigenvalue weighted by molar-refractivity contribution is 6.47. The van der Waals surface area contributed by atoms with Gasteiger partial charge in [0.05, 0.1) is 11.6 Å². The summed E-state index contributed by atoms with van der Waals surface area (Å²) in [6.07, 6.45) is 8.61. The van der Waals surface area contributed by atoms with Gasteiger partial charge in [-0.25, -0.2) is 4.79 Å². The molecule has 1 aliphatic rings. The highest BCUT2D eigenvalue weighted by atomic mass is 35.5. The Morgan fingerprint density at radius 2 is 2.18 bits per heavy atom. The van der Waals surface area contributed by atoms with Gasteiger partial charge in [0.1, 0.15) is 0 Å². The number of Topliss-reactive ketones (excluding diaryl/α,β-unsaturated/α-hetero) is 1. The molecule has 1 atom stereocenters. The van der Waals surface area contributed by atoms with Crippen molar-refractivity contribution in [3.05, 3.63) is 34.9 Å². The number of ether oxygens (including phenoxy) is 2. The zero-order chi connectivity index (χ0) is 16.6. The first kappa shape index (κ1) is 18.6. The van der Waals surface area contributed by atoms with E-state index >= 15 is 0 Å². The van der Waals surface area contributed by atoms with Crippen LogP contribution >= 0.6 is 11.6 Å². The van der Waals surface area contributed by atoms with Crippen molar-refractivity contribution in [1.29, 1.82) is 0 Å². The zero-order valence-electron chi connectivity index (χ0n) is 12.8. The van der Waals surface area contributed by atoms with Crippen LogP contribution in [-0.2, 0) is 19.1 Å². The lowest BCUT2D eigenvalue weighted by molar-refractivity contribution is -0.157. The molecule has 0 fully saturated rings. The van der Waals surface area contributed by atoms with E-state index in [4.69, 9.17) is 21.1 Å². The molecule has 5 nitrogen and oxygen atoms in total. The zero-order valence-corrected chi connectivity index (χ0v) is 13.6. The summed E-state index contributed by atoms with van der Waals surface area (Å²) >= 11 is 5.75. The first-order valence-electron chi connectivity index (χ1n) is 7.16. The van der Waals surface area contributed by atoms with Crippen molar-refractivity contribution in [2.24, 2.45) is 0 Å². The number of aliphatic hydroxyl groups is 1. The maximum Gasteiger partial charge on any atom is 0.347 e. The summed E-state index contributed by atoms with van der Waals surface area (Å²) < 4.78 is 9.75. The van der Waals surface area contributed by atoms with Gasteiger partial charge in [-0.3, -0.25) is 4.79 Å². The molecule has 6 heteroatoms. The quantitative estimate of drug-likeness (QED) is 0.420. The molecule has 22 heavy (non-hydrogen) atoms. The molecule has 0 heterocycles. The number of hydrogen-bond donors (Lipinski definition) is 1. The van der Waals surface area contributed by atoms with Crippen molar-refractivity contribution in [1.82, 2.24) is 0 Å². The summed E-state index contributed by atoms with van der Waals surface area (Å²) in [6, 6.07) is 0. The minimum Gasteiger partial charge on any atom is -0.463 e. The molecule has 0 aromatic carbocycles. The maximum atomic E-state index is 11.9. The Balaban J connectivity index is 2.77. The van der Waals surface area contributed by atoms with Crippen molar-refractivity contribution in [2.75, 3.05) is 20.3 Å². The van der Waals surface area contributed by atoms with Crippen molar-refractivity contribution in [2.45, 2.75) is 31.8 Å². The minimum atomic E-state index is -2.11. The molecule has 0 amide bonds. The fourth-order valence-corrected chi connectivity index (χ4v) is 2.27.